The van der Waals surface area contributed by atoms with Gasteiger partial charge in [0.05, 0.1) is 19.2 Å². The van der Waals surface area contributed by atoms with E-state index in [0.29, 0.717) is 17.9 Å². The second-order valence-electron chi connectivity index (χ2n) is 7.59. The van der Waals surface area contributed by atoms with Gasteiger partial charge in [0, 0.05) is 5.56 Å². The molecule has 2 aromatic carbocycles. The maximum Gasteiger partial charge on any atom is 0.292 e. The van der Waals surface area contributed by atoms with E-state index >= 15 is 0 Å². The van der Waals surface area contributed by atoms with E-state index in [9.17, 15) is 9.59 Å². The van der Waals surface area contributed by atoms with Crippen LogP contribution < -0.4 is 19.4 Å². The number of imide groups is 1. The second kappa shape index (κ2) is 8.12. The molecule has 1 atom stereocenters. The van der Waals surface area contributed by atoms with Crippen molar-refractivity contribution in [1.82, 2.24) is 0 Å². The minimum atomic E-state index is -0.257. The van der Waals surface area contributed by atoms with Crippen LogP contribution in [0.2, 0.25) is 0 Å². The quantitative estimate of drug-likeness (QED) is 0.675. The van der Waals surface area contributed by atoms with Gasteiger partial charge in [0.1, 0.15) is 38.5 Å². The number of nitrogens with one attached hydrogen (secondary N) is 2. The molecule has 0 bridgehead atoms. The van der Waals surface area contributed by atoms with Crippen molar-refractivity contribution in [2.45, 2.75) is 19.0 Å². The lowest BCUT2D eigenvalue weighted by Crippen LogP contribution is -3.29. The van der Waals surface area contributed by atoms with Gasteiger partial charge in [-0.2, -0.15) is 0 Å². The Kier molecular flexibility index (Phi) is 5.41. The summed E-state index contributed by atoms with van der Waals surface area (Å²) in [6, 6.07) is 17.4. The number of piperazine rings is 1. The van der Waals surface area contributed by atoms with Crippen molar-refractivity contribution >= 4 is 17.5 Å². The number of hydrogen-bond donors (Lipinski definition) is 2. The Balaban J connectivity index is 1.37. The first kappa shape index (κ1) is 18.7. The molecule has 28 heavy (non-hydrogen) atoms. The predicted octanol–water partition coefficient (Wildman–Crippen LogP) is -0.689. The number of amides is 2. The summed E-state index contributed by atoms with van der Waals surface area (Å²) in [4.78, 5) is 29.7. The smallest absolute Gasteiger partial charge is 0.292 e. The minimum Gasteiger partial charge on any atom is -0.497 e. The van der Waals surface area contributed by atoms with Crippen molar-refractivity contribution in [1.29, 1.82) is 0 Å². The molecule has 146 valence electrons. The molecule has 2 fully saturated rings. The molecule has 2 aliphatic heterocycles. The number of hydrogen-bond acceptors (Lipinski definition) is 3. The van der Waals surface area contributed by atoms with Crippen molar-refractivity contribution in [2.24, 2.45) is 0 Å². The summed E-state index contributed by atoms with van der Waals surface area (Å²) in [6.45, 7) is 4.89. The van der Waals surface area contributed by atoms with E-state index in [2.05, 4.69) is 24.3 Å². The summed E-state index contributed by atoms with van der Waals surface area (Å²) in [5, 5.41) is 0. The van der Waals surface area contributed by atoms with E-state index in [4.69, 9.17) is 4.74 Å². The Hall–Kier alpha value is -2.70. The molecule has 0 saturated carbocycles. The normalized spacial score (nSPS) is 25.2. The van der Waals surface area contributed by atoms with Crippen LogP contribution in [0.3, 0.4) is 0 Å². The Morgan fingerprint density at radius 2 is 1.64 bits per heavy atom. The molecule has 2 aromatic rings. The number of carbonyl (C=O) groups excluding carboxylic acids is 2. The van der Waals surface area contributed by atoms with Gasteiger partial charge in [0.2, 0.25) is 5.91 Å². The van der Waals surface area contributed by atoms with E-state index < -0.39 is 0 Å². The van der Waals surface area contributed by atoms with Crippen LogP contribution in [0, 0.1) is 0 Å². The second-order valence-corrected chi connectivity index (χ2v) is 7.59. The zero-order valence-electron chi connectivity index (χ0n) is 16.2. The highest BCUT2D eigenvalue weighted by Crippen LogP contribution is 2.24. The third-order valence-electron chi connectivity index (χ3n) is 5.87. The summed E-state index contributed by atoms with van der Waals surface area (Å²) in [5.74, 6) is 0.533. The van der Waals surface area contributed by atoms with Gasteiger partial charge in [0.25, 0.3) is 5.91 Å². The lowest BCUT2D eigenvalue weighted by atomic mass is 10.1. The Morgan fingerprint density at radius 3 is 2.29 bits per heavy atom. The van der Waals surface area contributed by atoms with Crippen molar-refractivity contribution in [3.63, 3.8) is 0 Å². The maximum absolute atomic E-state index is 13.0. The first-order chi connectivity index (χ1) is 13.7. The number of ether oxygens (including phenoxy) is 1. The minimum absolute atomic E-state index is 0.0725. The fourth-order valence-corrected chi connectivity index (χ4v) is 4.29. The van der Waals surface area contributed by atoms with Crippen molar-refractivity contribution in [2.75, 3.05) is 38.2 Å². The molecule has 6 nitrogen and oxygen atoms in total. The molecule has 6 heteroatoms. The largest absolute Gasteiger partial charge is 0.497 e. The molecule has 2 N–H and O–H groups in total. The molecule has 2 amide bonds. The molecule has 2 saturated heterocycles. The number of quaternary nitrogens is 2. The monoisotopic (exact) mass is 381 g/mol. The lowest BCUT2D eigenvalue weighted by Gasteiger charge is -2.32. The average Bonchev–Trinajstić information content (AvgIpc) is 3.03. The van der Waals surface area contributed by atoms with E-state index in [1.807, 2.05) is 6.07 Å². The Bertz CT molecular complexity index is 830. The summed E-state index contributed by atoms with van der Waals surface area (Å²) in [5.41, 5.74) is 1.98. The van der Waals surface area contributed by atoms with Crippen LogP contribution in [0.4, 0.5) is 5.69 Å². The van der Waals surface area contributed by atoms with Crippen LogP contribution in [0.25, 0.3) is 0 Å². The fourth-order valence-electron chi connectivity index (χ4n) is 4.29. The van der Waals surface area contributed by atoms with Gasteiger partial charge in [-0.15, -0.1) is 0 Å². The van der Waals surface area contributed by atoms with Crippen LogP contribution in [-0.4, -0.2) is 51.1 Å². The highest BCUT2D eigenvalue weighted by molar-refractivity contribution is 6.21. The summed E-state index contributed by atoms with van der Waals surface area (Å²) < 4.78 is 5.16. The molecule has 0 aliphatic carbocycles. The predicted molar refractivity (Wildman–Crippen MR) is 105 cm³/mol. The topological polar surface area (TPSA) is 55.5 Å². The third-order valence-corrected chi connectivity index (χ3v) is 5.87. The molecule has 0 unspecified atom stereocenters. The number of rotatable bonds is 5. The van der Waals surface area contributed by atoms with Crippen LogP contribution in [0.1, 0.15) is 12.0 Å². The van der Waals surface area contributed by atoms with Gasteiger partial charge < -0.3 is 14.5 Å². The summed E-state index contributed by atoms with van der Waals surface area (Å²) >= 11 is 0. The number of benzene rings is 2. The van der Waals surface area contributed by atoms with Crippen LogP contribution in [0.5, 0.6) is 5.75 Å². The SMILES string of the molecule is COc1ccc(N2C(=O)C[C@H]([NH+]3CC[NH+](Cc4ccccc4)CC3)C2=O)cc1. The van der Waals surface area contributed by atoms with E-state index in [0.717, 1.165) is 32.7 Å². The third kappa shape index (κ3) is 3.79. The highest BCUT2D eigenvalue weighted by Gasteiger charge is 2.46. The number of anilines is 1. The van der Waals surface area contributed by atoms with Gasteiger partial charge in [-0.1, -0.05) is 30.3 Å². The summed E-state index contributed by atoms with van der Waals surface area (Å²) in [6.07, 6.45) is 0.300. The lowest BCUT2D eigenvalue weighted by molar-refractivity contribution is -1.02. The van der Waals surface area contributed by atoms with Crippen molar-refractivity contribution in [3.05, 3.63) is 60.2 Å². The van der Waals surface area contributed by atoms with Crippen molar-refractivity contribution in [3.8, 4) is 5.75 Å². The number of carbonyl (C=O) groups is 2. The van der Waals surface area contributed by atoms with E-state index in [1.165, 1.54) is 15.4 Å². The van der Waals surface area contributed by atoms with E-state index in [1.54, 1.807) is 36.3 Å². The van der Waals surface area contributed by atoms with Crippen LogP contribution >= 0.6 is 0 Å². The molecule has 0 aromatic heterocycles. The molecule has 4 rings (SSSR count). The van der Waals surface area contributed by atoms with Gasteiger partial charge in [-0.05, 0) is 24.3 Å². The van der Waals surface area contributed by atoms with E-state index in [-0.39, 0.29) is 17.9 Å². The Morgan fingerprint density at radius 1 is 0.964 bits per heavy atom. The standard InChI is InChI=1S/C22H25N3O3/c1-28-19-9-7-18(8-10-19)25-21(26)15-20(22(25)27)24-13-11-23(12-14-24)16-17-5-3-2-4-6-17/h2-10,20H,11-16H2,1H3/p+2/t20-/m0/s1. The van der Waals surface area contributed by atoms with Crippen molar-refractivity contribution < 1.29 is 24.1 Å². The fraction of sp³-hybridized carbons (Fsp3) is 0.364. The first-order valence-electron chi connectivity index (χ1n) is 9.88. The average molecular weight is 381 g/mol. The molecule has 2 heterocycles. The highest BCUT2D eigenvalue weighted by atomic mass is 16.5. The zero-order chi connectivity index (χ0) is 19.5. The number of nitrogens with zero attached hydrogens (tertiary/aromatic N) is 1. The maximum atomic E-state index is 13.0. The van der Waals surface area contributed by atoms with Gasteiger partial charge in [-0.25, -0.2) is 4.90 Å². The molecule has 0 radical (unpaired) electrons. The van der Waals surface area contributed by atoms with Crippen LogP contribution in [0.15, 0.2) is 54.6 Å². The molecular formula is C22H27N3O3+2. The van der Waals surface area contributed by atoms with Gasteiger partial charge in [-0.3, -0.25) is 9.59 Å². The first-order valence-corrected chi connectivity index (χ1v) is 9.88. The Labute approximate surface area is 165 Å². The molecule has 2 aliphatic rings. The zero-order valence-corrected chi connectivity index (χ0v) is 16.2. The molecule has 0 spiro atoms. The summed E-state index contributed by atoms with van der Waals surface area (Å²) in [7, 11) is 1.60. The number of methoxy groups -OCH3 is 1. The van der Waals surface area contributed by atoms with Gasteiger partial charge in [0.15, 0.2) is 6.04 Å². The van der Waals surface area contributed by atoms with Gasteiger partial charge >= 0.3 is 0 Å². The molecular weight excluding hydrogens is 354 g/mol. The van der Waals surface area contributed by atoms with Crippen LogP contribution in [-0.2, 0) is 16.1 Å².